The van der Waals surface area contributed by atoms with Crippen molar-refractivity contribution in [2.24, 2.45) is 4.99 Å². The zero-order valence-corrected chi connectivity index (χ0v) is 9.84. The number of rotatable bonds is 3. The highest BCUT2D eigenvalue weighted by Crippen LogP contribution is 2.20. The Morgan fingerprint density at radius 1 is 1.29 bits per heavy atom. The average molecular weight is 258 g/mol. The number of nitrogens with zero attached hydrogens (tertiary/aromatic N) is 1. The van der Waals surface area contributed by atoms with Gasteiger partial charge in [-0.2, -0.15) is 8.78 Å². The predicted octanol–water partition coefficient (Wildman–Crippen LogP) is 3.19. The second kappa shape index (κ2) is 5.86. The molecule has 0 radical (unpaired) electrons. The van der Waals surface area contributed by atoms with Crippen LogP contribution in [0.3, 0.4) is 0 Å². The van der Waals surface area contributed by atoms with Crippen molar-refractivity contribution >= 4 is 22.6 Å². The number of hydrogen-bond acceptors (Lipinski definition) is 4. The molecule has 0 spiro atoms. The van der Waals surface area contributed by atoms with Crippen LogP contribution in [-0.4, -0.2) is 24.1 Å². The maximum atomic E-state index is 11.9. The molecule has 1 aliphatic rings. The first-order valence-electron chi connectivity index (χ1n) is 5.23. The molecule has 1 aromatic rings. The van der Waals surface area contributed by atoms with E-state index in [2.05, 4.69) is 15.0 Å². The summed E-state index contributed by atoms with van der Waals surface area (Å²) >= 11 is 1.66. The van der Waals surface area contributed by atoms with Crippen LogP contribution >= 0.6 is 11.8 Å². The van der Waals surface area contributed by atoms with Gasteiger partial charge in [0.1, 0.15) is 5.75 Å². The fourth-order valence-electron chi connectivity index (χ4n) is 1.38. The summed E-state index contributed by atoms with van der Waals surface area (Å²) in [5, 5.41) is 4.01. The molecule has 1 heterocycles. The van der Waals surface area contributed by atoms with Crippen LogP contribution in [-0.2, 0) is 0 Å². The van der Waals surface area contributed by atoms with E-state index in [1.807, 2.05) is 0 Å². The third-order valence-electron chi connectivity index (χ3n) is 2.13. The van der Waals surface area contributed by atoms with Crippen molar-refractivity contribution in [3.8, 4) is 5.75 Å². The molecule has 0 aliphatic carbocycles. The Hall–Kier alpha value is -1.30. The topological polar surface area (TPSA) is 33.6 Å². The number of halogens is 2. The maximum Gasteiger partial charge on any atom is 0.387 e. The molecule has 0 bridgehead atoms. The highest BCUT2D eigenvalue weighted by atomic mass is 32.2. The molecule has 0 saturated heterocycles. The number of benzene rings is 1. The van der Waals surface area contributed by atoms with E-state index in [-0.39, 0.29) is 5.75 Å². The smallest absolute Gasteiger partial charge is 0.387 e. The third-order valence-corrected chi connectivity index (χ3v) is 3.12. The molecule has 0 atom stereocenters. The minimum atomic E-state index is -2.79. The number of amidine groups is 1. The molecule has 92 valence electrons. The van der Waals surface area contributed by atoms with Gasteiger partial charge in [0.05, 0.1) is 0 Å². The van der Waals surface area contributed by atoms with E-state index in [9.17, 15) is 8.78 Å². The van der Waals surface area contributed by atoms with Gasteiger partial charge < -0.3 is 10.1 Å². The number of aliphatic imine (C=N–C) groups is 1. The van der Waals surface area contributed by atoms with Crippen LogP contribution in [0.5, 0.6) is 5.75 Å². The summed E-state index contributed by atoms with van der Waals surface area (Å²) in [7, 11) is 0. The summed E-state index contributed by atoms with van der Waals surface area (Å²) in [5.41, 5.74) is 0.819. The van der Waals surface area contributed by atoms with Gasteiger partial charge in [0.15, 0.2) is 5.17 Å². The van der Waals surface area contributed by atoms with Gasteiger partial charge in [0.2, 0.25) is 0 Å². The van der Waals surface area contributed by atoms with Crippen molar-refractivity contribution in [2.45, 2.75) is 13.0 Å². The number of thioether (sulfide) groups is 1. The van der Waals surface area contributed by atoms with Gasteiger partial charge in [-0.1, -0.05) is 11.8 Å². The van der Waals surface area contributed by atoms with Crippen LogP contribution in [0.4, 0.5) is 14.5 Å². The highest BCUT2D eigenvalue weighted by Gasteiger charge is 2.07. The molecule has 1 aromatic carbocycles. The fourth-order valence-corrected chi connectivity index (χ4v) is 2.22. The Morgan fingerprint density at radius 2 is 2.06 bits per heavy atom. The first-order valence-corrected chi connectivity index (χ1v) is 6.22. The molecule has 3 nitrogen and oxygen atoms in total. The number of hydrogen-bond donors (Lipinski definition) is 1. The molecule has 0 saturated carbocycles. The summed E-state index contributed by atoms with van der Waals surface area (Å²) in [4.78, 5) is 4.31. The monoisotopic (exact) mass is 258 g/mol. The van der Waals surface area contributed by atoms with Crippen LogP contribution in [0.25, 0.3) is 0 Å². The predicted molar refractivity (Wildman–Crippen MR) is 66.1 cm³/mol. The average Bonchev–Trinajstić information content (AvgIpc) is 2.32. The first kappa shape index (κ1) is 12.2. The number of ether oxygens (including phenoxy) is 1. The van der Waals surface area contributed by atoms with Crippen LogP contribution < -0.4 is 10.1 Å². The van der Waals surface area contributed by atoms with Crippen molar-refractivity contribution in [1.29, 1.82) is 0 Å². The first-order chi connectivity index (χ1) is 8.24. The van der Waals surface area contributed by atoms with Crippen LogP contribution in [0, 0.1) is 0 Å². The van der Waals surface area contributed by atoms with Crippen molar-refractivity contribution in [3.05, 3.63) is 24.3 Å². The molecule has 6 heteroatoms. The second-order valence-corrected chi connectivity index (χ2v) is 4.50. The summed E-state index contributed by atoms with van der Waals surface area (Å²) in [6.07, 6.45) is 1.09. The Balaban J connectivity index is 1.95. The third kappa shape index (κ3) is 3.89. The minimum Gasteiger partial charge on any atom is -0.435 e. The zero-order valence-electron chi connectivity index (χ0n) is 9.03. The summed E-state index contributed by atoms with van der Waals surface area (Å²) in [5.74, 6) is 1.21. The maximum absolute atomic E-state index is 11.9. The minimum absolute atomic E-state index is 0.156. The van der Waals surface area contributed by atoms with Gasteiger partial charge in [-0.25, -0.2) is 0 Å². The van der Waals surface area contributed by atoms with Gasteiger partial charge >= 0.3 is 6.61 Å². The lowest BCUT2D eigenvalue weighted by Gasteiger charge is -2.13. The largest absolute Gasteiger partial charge is 0.435 e. The van der Waals surface area contributed by atoms with E-state index in [0.29, 0.717) is 0 Å². The lowest BCUT2D eigenvalue weighted by Crippen LogP contribution is -2.13. The quantitative estimate of drug-likeness (QED) is 0.904. The summed E-state index contributed by atoms with van der Waals surface area (Å²) < 4.78 is 28.1. The molecule has 1 aliphatic heterocycles. The summed E-state index contributed by atoms with van der Waals surface area (Å²) in [6.45, 7) is -1.95. The lowest BCUT2D eigenvalue weighted by atomic mass is 10.3. The normalized spacial score (nSPS) is 15.6. The molecule has 0 unspecified atom stereocenters. The fraction of sp³-hybridized carbons (Fsp3) is 0.364. The Morgan fingerprint density at radius 3 is 2.65 bits per heavy atom. The van der Waals surface area contributed by atoms with Crippen molar-refractivity contribution < 1.29 is 13.5 Å². The second-order valence-electron chi connectivity index (χ2n) is 3.42. The molecular weight excluding hydrogens is 246 g/mol. The standard InChI is InChI=1S/C11H12F2N2OS/c12-10(13)16-9-4-2-8(3-5-9)15-11-14-6-1-7-17-11/h2-5,10H,1,6-7H2,(H,14,15). The molecule has 2 rings (SSSR count). The number of alkyl halides is 2. The molecule has 0 aromatic heterocycles. The van der Waals surface area contributed by atoms with E-state index in [0.717, 1.165) is 29.6 Å². The highest BCUT2D eigenvalue weighted by molar-refractivity contribution is 8.14. The van der Waals surface area contributed by atoms with Crippen molar-refractivity contribution in [2.75, 3.05) is 17.6 Å². The van der Waals surface area contributed by atoms with Gasteiger partial charge in [-0.05, 0) is 30.7 Å². The molecular formula is C11H12F2N2OS. The van der Waals surface area contributed by atoms with E-state index < -0.39 is 6.61 Å². The number of anilines is 1. The molecule has 0 amide bonds. The van der Waals surface area contributed by atoms with E-state index in [4.69, 9.17) is 0 Å². The zero-order chi connectivity index (χ0) is 12.1. The van der Waals surface area contributed by atoms with E-state index in [1.54, 1.807) is 23.9 Å². The van der Waals surface area contributed by atoms with Crippen LogP contribution in [0.2, 0.25) is 0 Å². The van der Waals surface area contributed by atoms with Gasteiger partial charge in [0.25, 0.3) is 0 Å². The number of nitrogens with one attached hydrogen (secondary N) is 1. The van der Waals surface area contributed by atoms with Crippen molar-refractivity contribution in [1.82, 2.24) is 0 Å². The SMILES string of the molecule is FC(F)Oc1ccc(NC2=NCCCS2)cc1. The Kier molecular flexibility index (Phi) is 4.19. The van der Waals surface area contributed by atoms with E-state index >= 15 is 0 Å². The van der Waals surface area contributed by atoms with Crippen molar-refractivity contribution in [3.63, 3.8) is 0 Å². The molecule has 1 N–H and O–H groups in total. The van der Waals surface area contributed by atoms with Gasteiger partial charge in [0, 0.05) is 18.0 Å². The van der Waals surface area contributed by atoms with Gasteiger partial charge in [-0.15, -0.1) is 0 Å². The molecule has 0 fully saturated rings. The summed E-state index contributed by atoms with van der Waals surface area (Å²) in [6, 6.07) is 6.38. The Labute approximate surface area is 102 Å². The molecule has 17 heavy (non-hydrogen) atoms. The van der Waals surface area contributed by atoms with E-state index in [1.165, 1.54) is 12.1 Å². The Bertz CT molecular complexity index is 395. The lowest BCUT2D eigenvalue weighted by molar-refractivity contribution is -0.0498. The van der Waals surface area contributed by atoms with Crippen LogP contribution in [0.15, 0.2) is 29.3 Å². The van der Waals surface area contributed by atoms with Gasteiger partial charge in [-0.3, -0.25) is 4.99 Å². The van der Waals surface area contributed by atoms with Crippen LogP contribution in [0.1, 0.15) is 6.42 Å².